The molecule has 0 aromatic carbocycles. The average Bonchev–Trinajstić information content (AvgIpc) is 0.753. The van der Waals surface area contributed by atoms with Gasteiger partial charge in [0, 0.05) is 26.9 Å². The Morgan fingerprint density at radius 1 is 0.505 bits per heavy atom. The number of hydrogen-bond acceptors (Lipinski definition) is 30. The molecule has 21 N–H and O–H groups in total. The predicted octanol–water partition coefficient (Wildman–Crippen LogP) is -0.698. The zero-order valence-corrected chi connectivity index (χ0v) is 64.2. The minimum absolute atomic E-state index is 0.0896. The van der Waals surface area contributed by atoms with Crippen molar-refractivity contribution in [3.63, 3.8) is 0 Å². The molecule has 0 aromatic rings. The second kappa shape index (κ2) is 52.0. The molecular weight excluding hydrogens is 1440 g/mol. The average molecular weight is 1580 g/mol. The number of rotatable bonds is 58. The van der Waals surface area contributed by atoms with Crippen molar-refractivity contribution in [1.29, 1.82) is 0 Å². The molecule has 0 spiro atoms. The molecule has 26 atom stereocenters. The van der Waals surface area contributed by atoms with Crippen LogP contribution >= 0.6 is 0 Å². The number of carbonyl (C=O) groups is 5. The molecule has 638 valence electrons. The quantitative estimate of drug-likeness (QED) is 0.0335. The predicted molar refractivity (Wildman–Crippen MR) is 386 cm³/mol. The first kappa shape index (κ1) is 97.7. The van der Waals surface area contributed by atoms with Crippen LogP contribution in [0.3, 0.4) is 0 Å². The number of carbonyl (C=O) groups excluding carboxylic acids is 3. The van der Waals surface area contributed by atoms with Gasteiger partial charge in [-0.1, -0.05) is 200 Å². The third-order valence-corrected chi connectivity index (χ3v) is 21.1. The number of aliphatic hydroxyl groups is 16. The van der Waals surface area contributed by atoms with Crippen LogP contribution in [0.25, 0.3) is 0 Å². The summed E-state index contributed by atoms with van der Waals surface area (Å²) in [5.41, 5.74) is 0. The van der Waals surface area contributed by atoms with E-state index in [-0.39, 0.29) is 12.8 Å². The molecule has 4 heterocycles. The molecule has 4 rings (SSSR count). The summed E-state index contributed by atoms with van der Waals surface area (Å²) in [5, 5.41) is 206. The van der Waals surface area contributed by atoms with Gasteiger partial charge in [-0.05, 0) is 12.8 Å². The van der Waals surface area contributed by atoms with Gasteiger partial charge < -0.3 is 150 Å². The van der Waals surface area contributed by atoms with Crippen LogP contribution in [0, 0.1) is 0 Å². The first-order chi connectivity index (χ1) is 52.1. The SMILES string of the molecule is CCCCCCCCCCCCCCCCCCCC[C@@H](O)C(=O)N[C@@H](CO[C@@H]1O[C@H](CO)[C@@H](O[C@H]2O[C@H](CO)[C@H](O)[C@H](O[C@]3(C(=O)O)C[C@H](O)[C@@H](NC(=O)CO[C@]4(C(=O)O)C[C@H](O)[C@@H](NC(C)=O)[C@H]([C@H](O)[C@@H](CO)OC)O4)[C@H](C(O)C(O)CO)O3)[C@H]2O)[C@H](O)[C@H]1O)[C@H](O)[C@H](O)CCCCCCCCCCCCC. The summed E-state index contributed by atoms with van der Waals surface area (Å²) < 4.78 is 50.9. The van der Waals surface area contributed by atoms with Crippen molar-refractivity contribution in [2.24, 2.45) is 0 Å². The maximum absolute atomic E-state index is 13.8. The summed E-state index contributed by atoms with van der Waals surface area (Å²) in [7, 11) is 1.06. The van der Waals surface area contributed by atoms with E-state index in [1.165, 1.54) is 109 Å². The van der Waals surface area contributed by atoms with E-state index in [2.05, 4.69) is 29.8 Å². The Morgan fingerprint density at radius 2 is 0.954 bits per heavy atom. The molecule has 0 aliphatic carbocycles. The van der Waals surface area contributed by atoms with Crippen LogP contribution in [0.5, 0.6) is 0 Å². The van der Waals surface area contributed by atoms with E-state index in [4.69, 9.17) is 42.6 Å². The van der Waals surface area contributed by atoms with E-state index >= 15 is 0 Å². The van der Waals surface area contributed by atoms with E-state index in [1.807, 2.05) is 0 Å². The molecule has 35 nitrogen and oxygen atoms in total. The maximum Gasteiger partial charge on any atom is 0.364 e. The normalized spacial score (nSPS) is 31.0. The van der Waals surface area contributed by atoms with E-state index < -0.39 is 240 Å². The highest BCUT2D eigenvalue weighted by Crippen LogP contribution is 2.40. The zero-order chi connectivity index (χ0) is 80.8. The van der Waals surface area contributed by atoms with Gasteiger partial charge in [-0.15, -0.1) is 0 Å². The lowest BCUT2D eigenvalue weighted by molar-refractivity contribution is -0.386. The molecule has 0 radical (unpaired) electrons. The van der Waals surface area contributed by atoms with Crippen molar-refractivity contribution in [3.05, 3.63) is 0 Å². The van der Waals surface area contributed by atoms with Gasteiger partial charge in [0.15, 0.2) is 12.6 Å². The molecule has 3 amide bonds. The minimum Gasteiger partial charge on any atom is -0.477 e. The Hall–Kier alpha value is -3.65. The molecule has 4 aliphatic heterocycles. The molecular formula is C74H135N3O32. The van der Waals surface area contributed by atoms with E-state index in [9.17, 15) is 116 Å². The minimum atomic E-state index is -3.39. The molecule has 0 saturated carbocycles. The summed E-state index contributed by atoms with van der Waals surface area (Å²) in [6.45, 7) is -1.07. The van der Waals surface area contributed by atoms with Crippen molar-refractivity contribution in [2.75, 3.05) is 46.8 Å². The summed E-state index contributed by atoms with van der Waals surface area (Å²) in [4.78, 5) is 65.9. The van der Waals surface area contributed by atoms with Crippen molar-refractivity contribution >= 4 is 29.7 Å². The Labute approximate surface area is 639 Å². The molecule has 35 heteroatoms. The fraction of sp³-hybridized carbons (Fsp3) is 0.932. The summed E-state index contributed by atoms with van der Waals surface area (Å²) >= 11 is 0. The fourth-order valence-corrected chi connectivity index (χ4v) is 14.5. The lowest BCUT2D eigenvalue weighted by atomic mass is 9.88. The summed E-state index contributed by atoms with van der Waals surface area (Å²) in [6.07, 6.45) is -12.6. The number of methoxy groups -OCH3 is 1. The van der Waals surface area contributed by atoms with Crippen LogP contribution in [0.2, 0.25) is 0 Å². The van der Waals surface area contributed by atoms with Crippen LogP contribution in [0.4, 0.5) is 0 Å². The Bertz CT molecular complexity index is 2520. The van der Waals surface area contributed by atoms with Crippen LogP contribution in [-0.4, -0.2) is 327 Å². The topological polar surface area (TPSA) is 569 Å². The highest BCUT2D eigenvalue weighted by atomic mass is 16.8. The zero-order valence-electron chi connectivity index (χ0n) is 64.2. The van der Waals surface area contributed by atoms with Gasteiger partial charge in [-0.25, -0.2) is 9.59 Å². The third kappa shape index (κ3) is 31.1. The lowest BCUT2D eigenvalue weighted by Gasteiger charge is -2.50. The van der Waals surface area contributed by atoms with Gasteiger partial charge in [-0.2, -0.15) is 0 Å². The second-order valence-corrected chi connectivity index (χ2v) is 29.9. The van der Waals surface area contributed by atoms with E-state index in [0.29, 0.717) is 12.8 Å². The van der Waals surface area contributed by atoms with Crippen LogP contribution in [-0.2, 0) is 66.6 Å². The first-order valence-electron chi connectivity index (χ1n) is 39.8. The number of carboxylic acids is 2. The molecule has 4 saturated heterocycles. The molecule has 109 heavy (non-hydrogen) atoms. The molecule has 2 unspecified atom stereocenters. The van der Waals surface area contributed by atoms with Crippen LogP contribution in [0.15, 0.2) is 0 Å². The number of carboxylic acid groups (broad SMARTS) is 2. The van der Waals surface area contributed by atoms with E-state index in [1.54, 1.807) is 0 Å². The van der Waals surface area contributed by atoms with Crippen molar-refractivity contribution < 1.29 is 159 Å². The van der Waals surface area contributed by atoms with Crippen molar-refractivity contribution in [2.45, 2.75) is 391 Å². The fourth-order valence-electron chi connectivity index (χ4n) is 14.5. The highest BCUT2D eigenvalue weighted by molar-refractivity contribution is 5.81. The van der Waals surface area contributed by atoms with E-state index in [0.717, 1.165) is 78.2 Å². The molecule has 0 aromatic heterocycles. The smallest absolute Gasteiger partial charge is 0.364 e. The molecule has 0 bridgehead atoms. The number of unbranched alkanes of at least 4 members (excludes halogenated alkanes) is 27. The van der Waals surface area contributed by atoms with Gasteiger partial charge in [0.05, 0.1) is 69.5 Å². The van der Waals surface area contributed by atoms with Gasteiger partial charge in [0.25, 0.3) is 11.6 Å². The van der Waals surface area contributed by atoms with Gasteiger partial charge in [0.2, 0.25) is 17.7 Å². The molecule has 4 fully saturated rings. The van der Waals surface area contributed by atoms with Gasteiger partial charge >= 0.3 is 11.9 Å². The third-order valence-electron chi connectivity index (χ3n) is 21.1. The monoisotopic (exact) mass is 1580 g/mol. The summed E-state index contributed by atoms with van der Waals surface area (Å²) in [5.74, 6) is -13.7. The van der Waals surface area contributed by atoms with Crippen molar-refractivity contribution in [1.82, 2.24) is 16.0 Å². The van der Waals surface area contributed by atoms with Crippen LogP contribution < -0.4 is 16.0 Å². The Kier molecular flexibility index (Phi) is 46.7. The number of aliphatic carboxylic acids is 2. The Balaban J connectivity index is 1.45. The summed E-state index contributed by atoms with van der Waals surface area (Å²) in [6, 6.07) is -5.10. The highest BCUT2D eigenvalue weighted by Gasteiger charge is 2.61. The lowest BCUT2D eigenvalue weighted by Crippen LogP contribution is -2.71. The first-order valence-corrected chi connectivity index (χ1v) is 39.8. The van der Waals surface area contributed by atoms with Crippen LogP contribution in [0.1, 0.15) is 233 Å². The Morgan fingerprint density at radius 3 is 1.41 bits per heavy atom. The van der Waals surface area contributed by atoms with Gasteiger partial charge in [0.1, 0.15) is 104 Å². The number of amides is 3. The number of hydrogen-bond donors (Lipinski definition) is 21. The standard InChI is InChI=1S/C74H135N3O32/c1-5-7-9-11-13-15-17-18-19-20-21-22-23-25-27-29-31-33-35-47(84)68(96)76-45(57(89)46(83)34-32-30-28-26-24-16-14-12-10-8-6-2)42-102-69-62(94)61(93)64(53(41-81)105-69)106-70-63(95)67(60(92)52(40-80)104-70)109-74(72(99)100)37-49(86)56(65(108-74)58(90)50(87)38-78)77-54(88)43-103-73(71(97)98)36-48(85)55(75-44(3)82)66(107-73)59(91)51(39-79)101-4/h45-53,55-67,69-70,78-81,83-87,89-95H,5-43H2,1-4H3,(H,75,82)(H,76,96)(H,77,88)(H,97,98)(H,99,100)/t45-,46+,47+,48-,49-,50?,51+,52+,53+,55+,56+,57-,58?,59+,60-,61+,62+,63+,64+,65+,66+,67-,69+,70+,73+,74-/m0/s1. The van der Waals surface area contributed by atoms with Crippen molar-refractivity contribution in [3.8, 4) is 0 Å². The largest absolute Gasteiger partial charge is 0.477 e. The maximum atomic E-state index is 13.8. The number of ether oxygens (including phenoxy) is 9. The van der Waals surface area contributed by atoms with Gasteiger partial charge in [-0.3, -0.25) is 14.4 Å². The number of aliphatic hydroxyl groups excluding tert-OH is 16. The number of nitrogens with one attached hydrogen (secondary N) is 3. The molecule has 4 aliphatic rings. The second-order valence-electron chi connectivity index (χ2n) is 29.9.